The van der Waals surface area contributed by atoms with Crippen molar-refractivity contribution >= 4 is 20.8 Å². The first kappa shape index (κ1) is 17.4. The van der Waals surface area contributed by atoms with E-state index in [0.717, 1.165) is 0 Å². The van der Waals surface area contributed by atoms with Crippen molar-refractivity contribution in [3.05, 3.63) is 17.9 Å². The van der Waals surface area contributed by atoms with Crippen molar-refractivity contribution in [2.45, 2.75) is 37.9 Å². The fourth-order valence-corrected chi connectivity index (χ4v) is 2.84. The maximum absolute atomic E-state index is 11.9. The average Bonchev–Trinajstić information content (AvgIpc) is 2.73. The Labute approximate surface area is 122 Å². The van der Waals surface area contributed by atoms with Crippen LogP contribution in [0.5, 0.6) is 0 Å². The van der Waals surface area contributed by atoms with Gasteiger partial charge in [-0.25, -0.2) is 13.1 Å². The van der Waals surface area contributed by atoms with E-state index in [0.29, 0.717) is 12.3 Å². The van der Waals surface area contributed by atoms with Crippen LogP contribution in [0.3, 0.4) is 0 Å². The summed E-state index contributed by atoms with van der Waals surface area (Å²) in [6, 6.07) is 3.05. The van der Waals surface area contributed by atoms with Crippen LogP contribution in [0.15, 0.2) is 21.6 Å². The first-order valence-corrected chi connectivity index (χ1v) is 9.45. The standard InChI is InChI=1S/C12H22N2O4S2/c1-12(2,3)13-9-10-5-6-11(18-10)20(16,17)14-7-8-19(4)15/h5-6,13-14H,7-9H2,1-4H3. The molecule has 6 nitrogen and oxygen atoms in total. The molecule has 0 spiro atoms. The molecule has 1 aromatic heterocycles. The fraction of sp³-hybridized carbons (Fsp3) is 0.667. The number of rotatable bonds is 7. The molecule has 0 saturated heterocycles. The molecule has 1 heterocycles. The van der Waals surface area contributed by atoms with Crippen molar-refractivity contribution in [1.82, 2.24) is 10.0 Å². The number of furan rings is 1. The Balaban J connectivity index is 2.63. The molecule has 0 aromatic carbocycles. The zero-order valence-corrected chi connectivity index (χ0v) is 13.9. The van der Waals surface area contributed by atoms with Gasteiger partial charge < -0.3 is 9.73 Å². The smallest absolute Gasteiger partial charge is 0.273 e. The summed E-state index contributed by atoms with van der Waals surface area (Å²) in [5, 5.41) is 3.09. The number of nitrogens with one attached hydrogen (secondary N) is 2. The van der Waals surface area contributed by atoms with Crippen molar-refractivity contribution in [2.75, 3.05) is 18.6 Å². The second-order valence-corrected chi connectivity index (χ2v) is 8.75. The first-order chi connectivity index (χ1) is 9.10. The van der Waals surface area contributed by atoms with E-state index in [-0.39, 0.29) is 22.9 Å². The lowest BCUT2D eigenvalue weighted by Gasteiger charge is -2.19. The molecule has 0 aliphatic carbocycles. The summed E-state index contributed by atoms with van der Waals surface area (Å²) < 4.78 is 42.4. The number of sulfonamides is 1. The highest BCUT2D eigenvalue weighted by molar-refractivity contribution is 7.89. The second-order valence-electron chi connectivity index (χ2n) is 5.50. The lowest BCUT2D eigenvalue weighted by Crippen LogP contribution is -2.34. The Morgan fingerprint density at radius 1 is 1.30 bits per heavy atom. The molecular formula is C12H22N2O4S2. The van der Waals surface area contributed by atoms with Gasteiger partial charge in [-0.05, 0) is 32.9 Å². The van der Waals surface area contributed by atoms with Gasteiger partial charge in [0, 0.05) is 34.9 Å². The third kappa shape index (κ3) is 6.17. The second kappa shape index (κ2) is 6.84. The minimum atomic E-state index is -3.67. The molecule has 0 saturated carbocycles. The van der Waals surface area contributed by atoms with Crippen molar-refractivity contribution in [1.29, 1.82) is 0 Å². The summed E-state index contributed by atoms with van der Waals surface area (Å²) in [7, 11) is -4.70. The molecule has 0 fully saturated rings. The Morgan fingerprint density at radius 2 is 1.95 bits per heavy atom. The number of hydrogen-bond donors (Lipinski definition) is 2. The van der Waals surface area contributed by atoms with Crippen LogP contribution in [0.1, 0.15) is 26.5 Å². The molecule has 1 rings (SSSR count). The quantitative estimate of drug-likeness (QED) is 0.776. The van der Waals surface area contributed by atoms with Crippen LogP contribution in [0.25, 0.3) is 0 Å². The molecule has 1 unspecified atom stereocenters. The molecule has 116 valence electrons. The van der Waals surface area contributed by atoms with E-state index >= 15 is 0 Å². The summed E-state index contributed by atoms with van der Waals surface area (Å²) in [5.41, 5.74) is -0.0741. The van der Waals surface area contributed by atoms with E-state index in [9.17, 15) is 12.6 Å². The summed E-state index contributed by atoms with van der Waals surface area (Å²) in [5.74, 6) is 0.831. The van der Waals surface area contributed by atoms with Crippen LogP contribution >= 0.6 is 0 Å². The Morgan fingerprint density at radius 3 is 2.50 bits per heavy atom. The van der Waals surface area contributed by atoms with Crippen molar-refractivity contribution in [2.24, 2.45) is 0 Å². The molecule has 1 aromatic rings. The van der Waals surface area contributed by atoms with Crippen LogP contribution in [0.4, 0.5) is 0 Å². The minimum absolute atomic E-state index is 0.0741. The highest BCUT2D eigenvalue weighted by atomic mass is 32.2. The summed E-state index contributed by atoms with van der Waals surface area (Å²) in [6.45, 7) is 6.62. The molecule has 0 radical (unpaired) electrons. The van der Waals surface area contributed by atoms with Gasteiger partial charge in [0.2, 0.25) is 5.09 Å². The van der Waals surface area contributed by atoms with E-state index < -0.39 is 20.8 Å². The lowest BCUT2D eigenvalue weighted by atomic mass is 10.1. The minimum Gasteiger partial charge on any atom is -0.447 e. The zero-order valence-electron chi connectivity index (χ0n) is 12.2. The molecule has 0 amide bonds. The van der Waals surface area contributed by atoms with Gasteiger partial charge in [0.15, 0.2) is 0 Å². The van der Waals surface area contributed by atoms with E-state index in [4.69, 9.17) is 4.42 Å². The van der Waals surface area contributed by atoms with Gasteiger partial charge in [0.05, 0.1) is 6.54 Å². The summed E-state index contributed by atoms with van der Waals surface area (Å²) >= 11 is 0. The van der Waals surface area contributed by atoms with Crippen LogP contribution in [0.2, 0.25) is 0 Å². The van der Waals surface area contributed by atoms with Crippen molar-refractivity contribution in [3.8, 4) is 0 Å². The third-order valence-electron chi connectivity index (χ3n) is 2.38. The fourth-order valence-electron chi connectivity index (χ4n) is 1.34. The van der Waals surface area contributed by atoms with E-state index in [1.807, 2.05) is 20.8 Å². The highest BCUT2D eigenvalue weighted by Gasteiger charge is 2.19. The van der Waals surface area contributed by atoms with Gasteiger partial charge in [0.1, 0.15) is 5.76 Å². The van der Waals surface area contributed by atoms with Gasteiger partial charge in [-0.1, -0.05) is 0 Å². The maximum Gasteiger partial charge on any atom is 0.273 e. The van der Waals surface area contributed by atoms with Gasteiger partial charge in [-0.2, -0.15) is 0 Å². The van der Waals surface area contributed by atoms with Gasteiger partial charge in [-0.3, -0.25) is 4.21 Å². The summed E-state index contributed by atoms with van der Waals surface area (Å²) in [4.78, 5) is 0. The molecule has 2 N–H and O–H groups in total. The molecule has 0 bridgehead atoms. The van der Waals surface area contributed by atoms with Crippen LogP contribution in [-0.2, 0) is 27.4 Å². The normalized spacial score (nSPS) is 14.4. The predicted molar refractivity (Wildman–Crippen MR) is 79.4 cm³/mol. The zero-order chi connectivity index (χ0) is 15.4. The van der Waals surface area contributed by atoms with Gasteiger partial charge in [-0.15, -0.1) is 0 Å². The van der Waals surface area contributed by atoms with Gasteiger partial charge >= 0.3 is 0 Å². The van der Waals surface area contributed by atoms with Crippen LogP contribution in [-0.4, -0.2) is 36.7 Å². The SMILES string of the molecule is CS(=O)CCNS(=O)(=O)c1ccc(CNC(C)(C)C)o1. The van der Waals surface area contributed by atoms with E-state index in [1.54, 1.807) is 6.07 Å². The first-order valence-electron chi connectivity index (χ1n) is 6.23. The summed E-state index contributed by atoms with van der Waals surface area (Å²) in [6.07, 6.45) is 1.53. The van der Waals surface area contributed by atoms with E-state index in [2.05, 4.69) is 10.0 Å². The van der Waals surface area contributed by atoms with Crippen molar-refractivity contribution < 1.29 is 17.0 Å². The van der Waals surface area contributed by atoms with Gasteiger partial charge in [0.25, 0.3) is 10.0 Å². The Kier molecular flexibility index (Phi) is 5.93. The average molecular weight is 322 g/mol. The molecule has 8 heteroatoms. The molecular weight excluding hydrogens is 300 g/mol. The topological polar surface area (TPSA) is 88.4 Å². The largest absolute Gasteiger partial charge is 0.447 e. The van der Waals surface area contributed by atoms with Crippen LogP contribution < -0.4 is 10.0 Å². The Bertz CT molecular complexity index is 558. The molecule has 20 heavy (non-hydrogen) atoms. The molecule has 0 aliphatic rings. The molecule has 0 aliphatic heterocycles. The lowest BCUT2D eigenvalue weighted by molar-refractivity contribution is 0.359. The van der Waals surface area contributed by atoms with Crippen LogP contribution in [0, 0.1) is 0 Å². The predicted octanol–water partition coefficient (Wildman–Crippen LogP) is 0.824. The number of hydrogen-bond acceptors (Lipinski definition) is 5. The third-order valence-corrected chi connectivity index (χ3v) is 4.49. The molecule has 1 atom stereocenters. The van der Waals surface area contributed by atoms with E-state index in [1.165, 1.54) is 12.3 Å². The maximum atomic E-state index is 11.9. The van der Waals surface area contributed by atoms with Crippen molar-refractivity contribution in [3.63, 3.8) is 0 Å². The Hall–Kier alpha value is -0.700. The highest BCUT2D eigenvalue weighted by Crippen LogP contribution is 2.14. The monoisotopic (exact) mass is 322 g/mol.